The zero-order chi connectivity index (χ0) is 22.2. The Morgan fingerprint density at radius 3 is 2.72 bits per heavy atom. The maximum absolute atomic E-state index is 13.6. The zero-order valence-corrected chi connectivity index (χ0v) is 18.7. The van der Waals surface area contributed by atoms with Gasteiger partial charge in [-0.25, -0.2) is 14.4 Å². The molecule has 0 saturated carbocycles. The molecule has 0 bridgehead atoms. The summed E-state index contributed by atoms with van der Waals surface area (Å²) in [6, 6.07) is 10.7. The Bertz CT molecular complexity index is 1270. The first kappa shape index (κ1) is 20.7. The standard InChI is InChI=1S/C24H23ClFN5O/c1-29(2)24-27-12-16(13-28-24)14-30-7-8-32-23-18(15-30)10-20(11-21(23)25)31-6-5-17-9-19(26)3-4-22(17)31/h3-6,9-13H,7-8,14-15H2,1-2H3. The van der Waals surface area contributed by atoms with Gasteiger partial charge in [0.15, 0.2) is 0 Å². The third-order valence-corrected chi connectivity index (χ3v) is 5.86. The van der Waals surface area contributed by atoms with Gasteiger partial charge in [-0.1, -0.05) is 11.6 Å². The van der Waals surface area contributed by atoms with Gasteiger partial charge in [-0.3, -0.25) is 4.90 Å². The van der Waals surface area contributed by atoms with Crippen LogP contribution < -0.4 is 9.64 Å². The molecule has 0 radical (unpaired) electrons. The lowest BCUT2D eigenvalue weighted by molar-refractivity contribution is 0.219. The van der Waals surface area contributed by atoms with Gasteiger partial charge in [-0.15, -0.1) is 0 Å². The monoisotopic (exact) mass is 451 g/mol. The summed E-state index contributed by atoms with van der Waals surface area (Å²) in [5.74, 6) is 1.16. The summed E-state index contributed by atoms with van der Waals surface area (Å²) in [6.07, 6.45) is 5.66. The van der Waals surface area contributed by atoms with Gasteiger partial charge in [0.25, 0.3) is 0 Å². The van der Waals surface area contributed by atoms with E-state index >= 15 is 0 Å². The van der Waals surface area contributed by atoms with Crippen molar-refractivity contribution >= 4 is 28.5 Å². The summed E-state index contributed by atoms with van der Waals surface area (Å²) >= 11 is 6.63. The minimum absolute atomic E-state index is 0.248. The first-order chi connectivity index (χ1) is 15.5. The predicted molar refractivity (Wildman–Crippen MR) is 124 cm³/mol. The minimum Gasteiger partial charge on any atom is -0.490 e. The third-order valence-electron chi connectivity index (χ3n) is 5.58. The van der Waals surface area contributed by atoms with Gasteiger partial charge < -0.3 is 14.2 Å². The molecule has 0 N–H and O–H groups in total. The fraction of sp³-hybridized carbons (Fsp3) is 0.250. The van der Waals surface area contributed by atoms with E-state index < -0.39 is 0 Å². The van der Waals surface area contributed by atoms with E-state index in [0.717, 1.165) is 40.0 Å². The predicted octanol–water partition coefficient (Wildman–Crippen LogP) is 4.67. The van der Waals surface area contributed by atoms with Crippen LogP contribution in [0.3, 0.4) is 0 Å². The van der Waals surface area contributed by atoms with E-state index in [-0.39, 0.29) is 5.82 Å². The molecule has 164 valence electrons. The molecule has 1 aliphatic rings. The molecule has 0 spiro atoms. The van der Waals surface area contributed by atoms with E-state index in [9.17, 15) is 4.39 Å². The van der Waals surface area contributed by atoms with E-state index in [1.807, 2.05) is 54.3 Å². The number of hydrogen-bond donors (Lipinski definition) is 0. The van der Waals surface area contributed by atoms with Crippen LogP contribution in [-0.4, -0.2) is 46.7 Å². The summed E-state index contributed by atoms with van der Waals surface area (Å²) in [4.78, 5) is 13.0. The fourth-order valence-electron chi connectivity index (χ4n) is 4.04. The molecule has 0 fully saturated rings. The highest BCUT2D eigenvalue weighted by molar-refractivity contribution is 6.32. The molecule has 0 unspecified atom stereocenters. The Morgan fingerprint density at radius 2 is 1.94 bits per heavy atom. The van der Waals surface area contributed by atoms with E-state index in [0.29, 0.717) is 30.7 Å². The molecule has 0 amide bonds. The lowest BCUT2D eigenvalue weighted by Crippen LogP contribution is -2.25. The second-order valence-corrected chi connectivity index (χ2v) is 8.56. The molecule has 3 heterocycles. The molecule has 1 aliphatic heterocycles. The van der Waals surface area contributed by atoms with Crippen LogP contribution in [0.2, 0.25) is 5.02 Å². The summed E-state index contributed by atoms with van der Waals surface area (Å²) in [6.45, 7) is 2.71. The van der Waals surface area contributed by atoms with Crippen LogP contribution >= 0.6 is 11.6 Å². The summed E-state index contributed by atoms with van der Waals surface area (Å²) in [7, 11) is 3.84. The van der Waals surface area contributed by atoms with E-state index in [1.54, 1.807) is 6.07 Å². The average Bonchev–Trinajstić information content (AvgIpc) is 3.07. The van der Waals surface area contributed by atoms with Crippen molar-refractivity contribution in [2.24, 2.45) is 0 Å². The number of aromatic nitrogens is 3. The second kappa shape index (κ2) is 8.41. The van der Waals surface area contributed by atoms with Crippen molar-refractivity contribution < 1.29 is 9.13 Å². The van der Waals surface area contributed by atoms with Crippen LogP contribution in [0.25, 0.3) is 16.6 Å². The van der Waals surface area contributed by atoms with Gasteiger partial charge in [-0.2, -0.15) is 0 Å². The van der Waals surface area contributed by atoms with E-state index in [4.69, 9.17) is 16.3 Å². The van der Waals surface area contributed by atoms with Gasteiger partial charge in [0, 0.05) is 74.5 Å². The van der Waals surface area contributed by atoms with E-state index in [2.05, 4.69) is 20.9 Å². The van der Waals surface area contributed by atoms with Crippen LogP contribution in [0.1, 0.15) is 11.1 Å². The average molecular weight is 452 g/mol. The van der Waals surface area contributed by atoms with Gasteiger partial charge in [-0.05, 0) is 36.4 Å². The molecule has 4 aromatic rings. The maximum atomic E-state index is 13.6. The molecule has 0 saturated heterocycles. The van der Waals surface area contributed by atoms with Crippen LogP contribution in [0.5, 0.6) is 5.75 Å². The minimum atomic E-state index is -0.248. The summed E-state index contributed by atoms with van der Waals surface area (Å²) in [5, 5.41) is 1.41. The van der Waals surface area contributed by atoms with Gasteiger partial charge in [0.2, 0.25) is 5.95 Å². The molecule has 2 aromatic heterocycles. The molecule has 6 nitrogen and oxygen atoms in total. The number of fused-ring (bicyclic) bond motifs is 2. The van der Waals surface area contributed by atoms with Crippen molar-refractivity contribution in [1.82, 2.24) is 19.4 Å². The largest absolute Gasteiger partial charge is 0.490 e. The summed E-state index contributed by atoms with van der Waals surface area (Å²) in [5.41, 5.74) is 3.89. The number of hydrogen-bond acceptors (Lipinski definition) is 5. The van der Waals surface area contributed by atoms with Crippen molar-refractivity contribution in [2.45, 2.75) is 13.1 Å². The molecule has 8 heteroatoms. The van der Waals surface area contributed by atoms with Crippen molar-refractivity contribution in [3.63, 3.8) is 0 Å². The van der Waals surface area contributed by atoms with Crippen molar-refractivity contribution in [3.8, 4) is 11.4 Å². The van der Waals surface area contributed by atoms with E-state index in [1.165, 1.54) is 12.1 Å². The van der Waals surface area contributed by atoms with Crippen molar-refractivity contribution in [1.29, 1.82) is 0 Å². The number of nitrogens with zero attached hydrogens (tertiary/aromatic N) is 5. The summed E-state index contributed by atoms with van der Waals surface area (Å²) < 4.78 is 21.6. The molecule has 2 aromatic carbocycles. The lowest BCUT2D eigenvalue weighted by atomic mass is 10.1. The van der Waals surface area contributed by atoms with Crippen LogP contribution in [0, 0.1) is 5.82 Å². The second-order valence-electron chi connectivity index (χ2n) is 8.15. The first-order valence-corrected chi connectivity index (χ1v) is 10.8. The Hall–Kier alpha value is -3.16. The molecule has 0 aliphatic carbocycles. The first-order valence-electron chi connectivity index (χ1n) is 10.4. The van der Waals surface area contributed by atoms with Crippen molar-refractivity contribution in [2.75, 3.05) is 32.1 Å². The highest BCUT2D eigenvalue weighted by atomic mass is 35.5. The topological polar surface area (TPSA) is 46.4 Å². The Balaban J connectivity index is 1.44. The number of halogens is 2. The maximum Gasteiger partial charge on any atom is 0.224 e. The Labute approximate surface area is 190 Å². The number of anilines is 1. The number of ether oxygens (including phenoxy) is 1. The lowest BCUT2D eigenvalue weighted by Gasteiger charge is -2.20. The molecule has 5 rings (SSSR count). The van der Waals surface area contributed by atoms with Gasteiger partial charge in [0.1, 0.15) is 18.2 Å². The van der Waals surface area contributed by atoms with Crippen molar-refractivity contribution in [3.05, 3.63) is 77.0 Å². The van der Waals surface area contributed by atoms with Crippen LogP contribution in [-0.2, 0) is 13.1 Å². The molecular formula is C24H23ClFN5O. The quantitative estimate of drug-likeness (QED) is 0.451. The highest BCUT2D eigenvalue weighted by Gasteiger charge is 2.20. The SMILES string of the molecule is CN(C)c1ncc(CN2CCOc3c(Cl)cc(-n4ccc5cc(F)ccc54)cc3C2)cn1. The van der Waals surface area contributed by atoms with Crippen LogP contribution in [0.15, 0.2) is 55.0 Å². The van der Waals surface area contributed by atoms with Crippen LogP contribution in [0.4, 0.5) is 10.3 Å². The Morgan fingerprint density at radius 1 is 1.12 bits per heavy atom. The van der Waals surface area contributed by atoms with Gasteiger partial charge >= 0.3 is 0 Å². The molecule has 0 atom stereocenters. The normalized spacial score (nSPS) is 14.1. The molecule has 32 heavy (non-hydrogen) atoms. The highest BCUT2D eigenvalue weighted by Crippen LogP contribution is 2.35. The smallest absolute Gasteiger partial charge is 0.224 e. The zero-order valence-electron chi connectivity index (χ0n) is 17.9. The molecular weight excluding hydrogens is 429 g/mol. The fourth-order valence-corrected chi connectivity index (χ4v) is 4.33. The third kappa shape index (κ3) is 4.01. The van der Waals surface area contributed by atoms with Gasteiger partial charge in [0.05, 0.1) is 10.5 Å². The number of rotatable bonds is 4. The Kier molecular flexibility index (Phi) is 5.45. The number of benzene rings is 2.